The Bertz CT molecular complexity index is 1110. The van der Waals surface area contributed by atoms with Crippen molar-refractivity contribution in [1.29, 1.82) is 0 Å². The van der Waals surface area contributed by atoms with E-state index in [9.17, 15) is 49.2 Å². The summed E-state index contributed by atoms with van der Waals surface area (Å²) in [5.41, 5.74) is -3.37. The van der Waals surface area contributed by atoms with Gasteiger partial charge in [0.1, 0.15) is 30.2 Å². The van der Waals surface area contributed by atoms with Crippen LogP contribution in [0, 0.1) is 21.7 Å². The van der Waals surface area contributed by atoms with Crippen molar-refractivity contribution in [2.75, 3.05) is 52.6 Å². The number of carbonyl (C=O) groups excluding carboxylic acids is 5. The van der Waals surface area contributed by atoms with Gasteiger partial charge in [-0.25, -0.2) is 0 Å². The summed E-state index contributed by atoms with van der Waals surface area (Å²) in [6.45, 7) is 18.6. The Morgan fingerprint density at radius 2 is 0.678 bits per heavy atom. The van der Waals surface area contributed by atoms with Crippen LogP contribution in [-0.2, 0) is 28.8 Å². The van der Waals surface area contributed by atoms with Gasteiger partial charge >= 0.3 is 5.97 Å². The number of aliphatic hydroxyl groups excluding tert-OH is 8. The van der Waals surface area contributed by atoms with Crippen molar-refractivity contribution in [3.05, 3.63) is 0 Å². The third-order valence-corrected chi connectivity index (χ3v) is 8.66. The van der Waals surface area contributed by atoms with Gasteiger partial charge in [0.15, 0.2) is 0 Å². The van der Waals surface area contributed by atoms with Gasteiger partial charge in [0.2, 0.25) is 23.6 Å². The van der Waals surface area contributed by atoms with Crippen LogP contribution in [0.15, 0.2) is 0 Å². The van der Waals surface area contributed by atoms with Gasteiger partial charge in [0.25, 0.3) is 0 Å². The molecule has 19 nitrogen and oxygen atoms in total. The lowest BCUT2D eigenvalue weighted by molar-refractivity contribution is -0.139. The van der Waals surface area contributed by atoms with Crippen molar-refractivity contribution < 1.29 is 74.7 Å². The highest BCUT2D eigenvalue weighted by Crippen LogP contribution is 2.21. The molecule has 0 radical (unpaired) electrons. The van der Waals surface area contributed by atoms with Crippen molar-refractivity contribution in [1.82, 2.24) is 21.3 Å². The van der Waals surface area contributed by atoms with Gasteiger partial charge in [0.05, 0.1) is 32.8 Å². The second-order valence-corrected chi connectivity index (χ2v) is 16.7. The van der Waals surface area contributed by atoms with E-state index >= 15 is 0 Å². The minimum atomic E-state index is -1.35. The van der Waals surface area contributed by atoms with E-state index in [0.29, 0.717) is 13.1 Å². The van der Waals surface area contributed by atoms with Gasteiger partial charge in [-0.3, -0.25) is 28.8 Å². The predicted octanol–water partition coefficient (Wildman–Crippen LogP) is -0.382. The lowest BCUT2D eigenvalue weighted by atomic mass is 9.87. The molecular formula is C40H82N4O15. The molecule has 4 atom stereocenters. The SMILES string of the molecule is C.CC(=O)CCNC(=O)[C@H](O)C(C)(C)CO.CC(C)(CO)C(O)C(=O)NCCC(=O)O.CCCCNC(=O)C(O)C(C)(C)CO.CCCCNC(=O)[C@H](O)C(C)(C)CO. The number of unbranched alkanes of at least 4 members (excludes halogenated alkanes) is 2. The summed E-state index contributed by atoms with van der Waals surface area (Å²) in [6.07, 6.45) is -1.06. The summed E-state index contributed by atoms with van der Waals surface area (Å²) in [6, 6.07) is 0. The first-order valence-corrected chi connectivity index (χ1v) is 19.5. The molecule has 0 aromatic rings. The summed E-state index contributed by atoms with van der Waals surface area (Å²) in [5.74, 6) is -3.09. The Labute approximate surface area is 351 Å². The Morgan fingerprint density at radius 3 is 0.864 bits per heavy atom. The van der Waals surface area contributed by atoms with Crippen LogP contribution in [0.2, 0.25) is 0 Å². The molecule has 0 rings (SSSR count). The molecule has 0 spiro atoms. The normalized spacial score (nSPS) is 13.3. The monoisotopic (exact) mass is 859 g/mol. The third-order valence-electron chi connectivity index (χ3n) is 8.66. The van der Waals surface area contributed by atoms with E-state index in [1.165, 1.54) is 20.8 Å². The van der Waals surface area contributed by atoms with Crippen molar-refractivity contribution >= 4 is 35.4 Å². The second kappa shape index (κ2) is 33.4. The maximum absolute atomic E-state index is 11.4. The fourth-order valence-corrected chi connectivity index (χ4v) is 3.58. The van der Waals surface area contributed by atoms with Crippen LogP contribution in [-0.4, -0.2) is 158 Å². The lowest BCUT2D eigenvalue weighted by Gasteiger charge is -2.27. The van der Waals surface area contributed by atoms with Crippen LogP contribution in [0.4, 0.5) is 0 Å². The average molecular weight is 859 g/mol. The van der Waals surface area contributed by atoms with Crippen molar-refractivity contribution in [3.63, 3.8) is 0 Å². The zero-order valence-electron chi connectivity index (χ0n) is 36.7. The zero-order valence-corrected chi connectivity index (χ0v) is 36.7. The largest absolute Gasteiger partial charge is 0.481 e. The molecule has 0 heterocycles. The van der Waals surface area contributed by atoms with Crippen LogP contribution >= 0.6 is 0 Å². The van der Waals surface area contributed by atoms with Crippen molar-refractivity contribution in [2.45, 2.75) is 147 Å². The molecule has 0 aliphatic carbocycles. The topological polar surface area (TPSA) is 333 Å². The number of amides is 4. The maximum Gasteiger partial charge on any atom is 0.305 e. The van der Waals surface area contributed by atoms with E-state index in [2.05, 4.69) is 21.3 Å². The lowest BCUT2D eigenvalue weighted by Crippen LogP contribution is -2.45. The zero-order chi connectivity index (χ0) is 46.5. The highest BCUT2D eigenvalue weighted by atomic mass is 16.4. The molecule has 0 saturated heterocycles. The van der Waals surface area contributed by atoms with Crippen LogP contribution in [0.5, 0.6) is 0 Å². The standard InChI is InChI=1S/C10H19NO4.2C10H21NO3.C9H17NO5.CH4/c1-7(13)4-5-11-9(15)8(14)10(2,3)6-12;2*1-4-5-6-11-9(14)8(13)10(2,3)7-12;1-9(2,5-11)7(14)8(15)10-4-3-6(12)13;/h8,12,14H,4-6H2,1-3H3,(H,11,15);2*8,12-13H,4-7H2,1-3H3,(H,11,14);7,11,14H,3-5H2,1-2H3,(H,10,15)(H,12,13);1H4/t2*8-;;;/m00.../s1. The molecule has 4 amide bonds. The summed E-state index contributed by atoms with van der Waals surface area (Å²) >= 11 is 0. The van der Waals surface area contributed by atoms with E-state index in [0.717, 1.165) is 25.7 Å². The third kappa shape index (κ3) is 30.4. The van der Waals surface area contributed by atoms with E-state index in [1.807, 2.05) is 13.8 Å². The molecule has 352 valence electrons. The Kier molecular flexibility index (Phi) is 36.7. The molecule has 13 N–H and O–H groups in total. The highest BCUT2D eigenvalue weighted by Gasteiger charge is 2.35. The molecule has 0 bridgehead atoms. The second-order valence-electron chi connectivity index (χ2n) is 16.7. The number of hydrogen-bond donors (Lipinski definition) is 13. The molecule has 0 aliphatic rings. The average Bonchev–Trinajstić information content (AvgIpc) is 3.16. The molecule has 0 fully saturated rings. The van der Waals surface area contributed by atoms with Crippen molar-refractivity contribution in [2.24, 2.45) is 21.7 Å². The molecule has 59 heavy (non-hydrogen) atoms. The minimum Gasteiger partial charge on any atom is -0.481 e. The minimum absolute atomic E-state index is 0. The summed E-state index contributed by atoms with van der Waals surface area (Å²) in [4.78, 5) is 66.1. The number of hydrogen-bond acceptors (Lipinski definition) is 14. The fraction of sp³-hybridized carbons (Fsp3) is 0.850. The van der Waals surface area contributed by atoms with Gasteiger partial charge < -0.3 is 67.2 Å². The first kappa shape index (κ1) is 64.8. The molecular weight excluding hydrogens is 776 g/mol. The van der Waals surface area contributed by atoms with E-state index in [1.54, 1.807) is 41.5 Å². The first-order chi connectivity index (χ1) is 26.5. The summed E-state index contributed by atoms with van der Waals surface area (Å²) in [5, 5.41) is 92.2. The van der Waals surface area contributed by atoms with E-state index in [4.69, 9.17) is 25.5 Å². The van der Waals surface area contributed by atoms with Gasteiger partial charge in [-0.1, -0.05) is 89.5 Å². The Balaban J connectivity index is -0.000000219. The van der Waals surface area contributed by atoms with Gasteiger partial charge in [-0.15, -0.1) is 0 Å². The number of Topliss-reactive ketones (excluding diaryl/α,β-unsaturated/α-hetero) is 1. The molecule has 0 saturated carbocycles. The highest BCUT2D eigenvalue weighted by molar-refractivity contribution is 5.83. The number of ketones is 1. The molecule has 0 aliphatic heterocycles. The molecule has 19 heteroatoms. The quantitative estimate of drug-likeness (QED) is 0.0551. The number of carboxylic acids is 1. The van der Waals surface area contributed by atoms with Crippen LogP contribution < -0.4 is 21.3 Å². The maximum atomic E-state index is 11.4. The molecule has 2 unspecified atom stereocenters. The molecule has 0 aromatic heterocycles. The number of rotatable bonds is 24. The Hall–Kier alpha value is -3.30. The van der Waals surface area contributed by atoms with Crippen LogP contribution in [0.1, 0.15) is 122 Å². The number of aliphatic carboxylic acids is 1. The smallest absolute Gasteiger partial charge is 0.305 e. The number of carboxylic acid groups (broad SMARTS) is 1. The number of nitrogens with one attached hydrogen (secondary N) is 4. The number of carbonyl (C=O) groups is 6. The predicted molar refractivity (Wildman–Crippen MR) is 224 cm³/mol. The first-order valence-electron chi connectivity index (χ1n) is 19.5. The summed E-state index contributed by atoms with van der Waals surface area (Å²) in [7, 11) is 0. The fourth-order valence-electron chi connectivity index (χ4n) is 3.58. The molecule has 0 aromatic carbocycles. The van der Waals surface area contributed by atoms with E-state index < -0.39 is 75.7 Å². The van der Waals surface area contributed by atoms with Crippen LogP contribution in [0.25, 0.3) is 0 Å². The van der Waals surface area contributed by atoms with Gasteiger partial charge in [0, 0.05) is 54.3 Å². The van der Waals surface area contributed by atoms with Crippen molar-refractivity contribution in [3.8, 4) is 0 Å². The Morgan fingerprint density at radius 1 is 0.458 bits per heavy atom. The van der Waals surface area contributed by atoms with Gasteiger partial charge in [-0.2, -0.15) is 0 Å². The van der Waals surface area contributed by atoms with E-state index in [-0.39, 0.29) is 65.6 Å². The summed E-state index contributed by atoms with van der Waals surface area (Å²) < 4.78 is 0. The van der Waals surface area contributed by atoms with Crippen LogP contribution in [0.3, 0.4) is 0 Å². The number of aliphatic hydroxyl groups is 8. The van der Waals surface area contributed by atoms with Gasteiger partial charge in [-0.05, 0) is 19.8 Å².